The Morgan fingerprint density at radius 3 is 2.39 bits per heavy atom. The average Bonchev–Trinajstić information content (AvgIpc) is 2.94. The van der Waals surface area contributed by atoms with Gasteiger partial charge in [-0.15, -0.1) is 0 Å². The van der Waals surface area contributed by atoms with Gasteiger partial charge >= 0.3 is 0 Å². The van der Waals surface area contributed by atoms with E-state index in [1.165, 1.54) is 11.1 Å². The molecule has 2 amide bonds. The summed E-state index contributed by atoms with van der Waals surface area (Å²) in [7, 11) is 0. The molecular weight excluding hydrogens is 380 g/mol. The molecule has 0 radical (unpaired) electrons. The van der Waals surface area contributed by atoms with Crippen molar-refractivity contribution in [3.63, 3.8) is 0 Å². The summed E-state index contributed by atoms with van der Waals surface area (Å²) in [4.78, 5) is 25.1. The van der Waals surface area contributed by atoms with Crippen LogP contribution in [-0.4, -0.2) is 25.0 Å². The van der Waals surface area contributed by atoms with Crippen LogP contribution in [0.15, 0.2) is 42.0 Å². The van der Waals surface area contributed by atoms with Crippen LogP contribution in [-0.2, 0) is 9.59 Å². The van der Waals surface area contributed by atoms with E-state index in [1.54, 1.807) is 24.3 Å². The highest BCUT2D eigenvalue weighted by Gasteiger charge is 2.34. The van der Waals surface area contributed by atoms with Gasteiger partial charge in [-0.2, -0.15) is 0 Å². The van der Waals surface area contributed by atoms with E-state index in [9.17, 15) is 9.59 Å². The van der Waals surface area contributed by atoms with Gasteiger partial charge < -0.3 is 9.47 Å². The Morgan fingerprint density at radius 1 is 1.07 bits per heavy atom. The fourth-order valence-electron chi connectivity index (χ4n) is 2.82. The van der Waals surface area contributed by atoms with Crippen molar-refractivity contribution in [2.24, 2.45) is 0 Å². The zero-order valence-electron chi connectivity index (χ0n) is 15.9. The highest BCUT2D eigenvalue weighted by atomic mass is 35.5. The molecule has 28 heavy (non-hydrogen) atoms. The minimum absolute atomic E-state index is 0.0169. The number of hydrogen-bond donors (Lipinski definition) is 1. The fourth-order valence-corrected chi connectivity index (χ4v) is 3.09. The Balaban J connectivity index is 1.95. The number of benzene rings is 2. The molecule has 1 aliphatic heterocycles. The van der Waals surface area contributed by atoms with Gasteiger partial charge in [0.15, 0.2) is 11.5 Å². The highest BCUT2D eigenvalue weighted by molar-refractivity contribution is 6.33. The molecule has 0 atom stereocenters. The Labute approximate surface area is 168 Å². The molecule has 0 aliphatic carbocycles. The number of ether oxygens (including phenoxy) is 2. The maximum atomic E-state index is 12.8. The Bertz CT molecular complexity index is 938. The molecule has 1 saturated heterocycles. The van der Waals surface area contributed by atoms with E-state index in [0.717, 1.165) is 5.56 Å². The third kappa shape index (κ3) is 3.97. The predicted octanol–water partition coefficient (Wildman–Crippen LogP) is 3.91. The molecule has 2 aromatic carbocycles. The van der Waals surface area contributed by atoms with Crippen molar-refractivity contribution in [3.8, 4) is 11.5 Å². The van der Waals surface area contributed by atoms with Gasteiger partial charge in [-0.05, 0) is 56.7 Å². The van der Waals surface area contributed by atoms with Crippen LogP contribution in [0, 0.1) is 6.92 Å². The van der Waals surface area contributed by atoms with Crippen LogP contribution in [0.25, 0.3) is 6.08 Å². The molecule has 1 aliphatic rings. The lowest BCUT2D eigenvalue weighted by Crippen LogP contribution is -2.35. The summed E-state index contributed by atoms with van der Waals surface area (Å²) in [6.45, 7) is 6.51. The van der Waals surface area contributed by atoms with Gasteiger partial charge in [-0.3, -0.25) is 15.0 Å². The van der Waals surface area contributed by atoms with E-state index in [0.29, 0.717) is 41.0 Å². The van der Waals surface area contributed by atoms with Crippen LogP contribution in [0.3, 0.4) is 0 Å². The zero-order chi connectivity index (χ0) is 20.3. The number of halogens is 1. The SMILES string of the molecule is CCOc1cc(/C=C2/C(=O)NN(c3ccc(C)cc3)C2=O)cc(Cl)c1OCC. The molecule has 0 spiro atoms. The number of carbonyl (C=O) groups excluding carboxylic acids is 2. The molecule has 1 fully saturated rings. The van der Waals surface area contributed by atoms with Gasteiger partial charge in [0.05, 0.1) is 23.9 Å². The lowest BCUT2D eigenvalue weighted by molar-refractivity contribution is -0.117. The number of nitrogens with zero attached hydrogens (tertiary/aromatic N) is 1. The quantitative estimate of drug-likeness (QED) is 0.589. The van der Waals surface area contributed by atoms with Crippen LogP contribution in [0.2, 0.25) is 5.02 Å². The monoisotopic (exact) mass is 400 g/mol. The van der Waals surface area contributed by atoms with Gasteiger partial charge in [0.1, 0.15) is 5.57 Å². The molecule has 7 heteroatoms. The molecule has 146 valence electrons. The molecule has 3 rings (SSSR count). The van der Waals surface area contributed by atoms with Gasteiger partial charge in [-0.25, -0.2) is 5.01 Å². The number of rotatable bonds is 6. The summed E-state index contributed by atoms with van der Waals surface area (Å²) in [6.07, 6.45) is 1.50. The van der Waals surface area contributed by atoms with Crippen molar-refractivity contribution in [2.45, 2.75) is 20.8 Å². The highest BCUT2D eigenvalue weighted by Crippen LogP contribution is 2.37. The molecule has 0 aromatic heterocycles. The van der Waals surface area contributed by atoms with Crippen LogP contribution < -0.4 is 19.9 Å². The summed E-state index contributed by atoms with van der Waals surface area (Å²) in [5.74, 6) is -0.00745. The Morgan fingerprint density at radius 2 is 1.75 bits per heavy atom. The lowest BCUT2D eigenvalue weighted by atomic mass is 10.1. The smallest absolute Gasteiger partial charge is 0.282 e. The third-order valence-electron chi connectivity index (χ3n) is 4.12. The van der Waals surface area contributed by atoms with E-state index in [4.69, 9.17) is 21.1 Å². The number of anilines is 1. The summed E-state index contributed by atoms with van der Waals surface area (Å²) in [5.41, 5.74) is 4.82. The van der Waals surface area contributed by atoms with E-state index >= 15 is 0 Å². The Hall–Kier alpha value is -2.99. The van der Waals surface area contributed by atoms with Crippen LogP contribution in [0.1, 0.15) is 25.0 Å². The van der Waals surface area contributed by atoms with E-state index in [2.05, 4.69) is 5.43 Å². The second kappa shape index (κ2) is 8.35. The van der Waals surface area contributed by atoms with Crippen LogP contribution in [0.4, 0.5) is 5.69 Å². The minimum Gasteiger partial charge on any atom is -0.490 e. The molecule has 6 nitrogen and oxygen atoms in total. The first kappa shape index (κ1) is 19.8. The van der Waals surface area contributed by atoms with E-state index < -0.39 is 11.8 Å². The fraction of sp³-hybridized carbons (Fsp3) is 0.238. The number of aryl methyl sites for hydroxylation is 1. The first-order valence-electron chi connectivity index (χ1n) is 8.97. The van der Waals surface area contributed by atoms with Crippen molar-refractivity contribution < 1.29 is 19.1 Å². The van der Waals surface area contributed by atoms with Crippen LogP contribution in [0.5, 0.6) is 11.5 Å². The molecule has 1 N–H and O–H groups in total. The molecule has 0 saturated carbocycles. The molecule has 2 aromatic rings. The number of nitrogens with one attached hydrogen (secondary N) is 1. The first-order valence-corrected chi connectivity index (χ1v) is 9.35. The second-order valence-electron chi connectivity index (χ2n) is 6.17. The summed E-state index contributed by atoms with van der Waals surface area (Å²) >= 11 is 6.32. The molecule has 0 unspecified atom stereocenters. The largest absolute Gasteiger partial charge is 0.490 e. The van der Waals surface area contributed by atoms with Crippen molar-refractivity contribution in [2.75, 3.05) is 18.2 Å². The van der Waals surface area contributed by atoms with Crippen LogP contribution >= 0.6 is 11.6 Å². The standard InChI is InChI=1S/C21H21ClN2O4/c1-4-27-18-12-14(11-17(22)19(18)28-5-2)10-16-20(25)23-24(21(16)26)15-8-6-13(3)7-9-15/h6-12H,4-5H2,1-3H3,(H,23,25)/b16-10-. The van der Waals surface area contributed by atoms with Crippen molar-refractivity contribution in [3.05, 3.63) is 58.1 Å². The van der Waals surface area contributed by atoms with E-state index in [1.807, 2.05) is 32.9 Å². The van der Waals surface area contributed by atoms with Gasteiger partial charge in [0.2, 0.25) is 0 Å². The zero-order valence-corrected chi connectivity index (χ0v) is 16.7. The third-order valence-corrected chi connectivity index (χ3v) is 4.40. The summed E-state index contributed by atoms with van der Waals surface area (Å²) in [5, 5.41) is 1.58. The molecule has 0 bridgehead atoms. The average molecular weight is 401 g/mol. The van der Waals surface area contributed by atoms with Crippen molar-refractivity contribution >= 4 is 35.2 Å². The second-order valence-corrected chi connectivity index (χ2v) is 6.58. The number of hydrazine groups is 1. The summed E-state index contributed by atoms with van der Waals surface area (Å²) in [6, 6.07) is 10.6. The maximum absolute atomic E-state index is 12.8. The lowest BCUT2D eigenvalue weighted by Gasteiger charge is -2.14. The summed E-state index contributed by atoms with van der Waals surface area (Å²) < 4.78 is 11.1. The van der Waals surface area contributed by atoms with Crippen molar-refractivity contribution in [1.82, 2.24) is 5.43 Å². The van der Waals surface area contributed by atoms with E-state index in [-0.39, 0.29) is 5.57 Å². The topological polar surface area (TPSA) is 67.9 Å². The maximum Gasteiger partial charge on any atom is 0.282 e. The molecule has 1 heterocycles. The first-order chi connectivity index (χ1) is 13.4. The van der Waals surface area contributed by atoms with Gasteiger partial charge in [0.25, 0.3) is 11.8 Å². The Kier molecular flexibility index (Phi) is 5.90. The minimum atomic E-state index is -0.478. The normalized spacial score (nSPS) is 15.1. The predicted molar refractivity (Wildman–Crippen MR) is 109 cm³/mol. The number of hydrogen-bond acceptors (Lipinski definition) is 4. The van der Waals surface area contributed by atoms with Crippen molar-refractivity contribution in [1.29, 1.82) is 0 Å². The van der Waals surface area contributed by atoms with Gasteiger partial charge in [-0.1, -0.05) is 29.3 Å². The van der Waals surface area contributed by atoms with Gasteiger partial charge in [0, 0.05) is 0 Å². The number of amides is 2. The molecular formula is C21H21ClN2O4. The number of carbonyl (C=O) groups is 2.